The lowest BCUT2D eigenvalue weighted by molar-refractivity contribution is 0.160. The fraction of sp³-hybridized carbons (Fsp3) is 0.647. The Balaban J connectivity index is 1.77. The fourth-order valence-corrected chi connectivity index (χ4v) is 4.27. The van der Waals surface area contributed by atoms with Gasteiger partial charge in [-0.2, -0.15) is 0 Å². The van der Waals surface area contributed by atoms with Crippen molar-refractivity contribution in [2.75, 3.05) is 13.1 Å². The van der Waals surface area contributed by atoms with Gasteiger partial charge in [0.25, 0.3) is 0 Å². The van der Waals surface area contributed by atoms with Crippen molar-refractivity contribution in [3.8, 4) is 0 Å². The van der Waals surface area contributed by atoms with Gasteiger partial charge in [-0.05, 0) is 50.4 Å². The maximum absolute atomic E-state index is 13.3. The van der Waals surface area contributed by atoms with Crippen molar-refractivity contribution in [3.05, 3.63) is 34.1 Å². The Hall–Kier alpha value is -0.450. The zero-order chi connectivity index (χ0) is 14.9. The van der Waals surface area contributed by atoms with Crippen LogP contribution in [0.1, 0.15) is 44.6 Å². The van der Waals surface area contributed by atoms with Gasteiger partial charge in [-0.3, -0.25) is 4.90 Å². The Kier molecular flexibility index (Phi) is 4.67. The molecular weight excluding hydrogens is 331 g/mol. The molecule has 1 atom stereocenters. The zero-order valence-corrected chi connectivity index (χ0v) is 14.3. The topological polar surface area (TPSA) is 15.3 Å². The largest absolute Gasteiger partial charge is 0.310 e. The Morgan fingerprint density at radius 2 is 2.14 bits per heavy atom. The first kappa shape index (κ1) is 15.4. The summed E-state index contributed by atoms with van der Waals surface area (Å²) >= 11 is 3.51. The van der Waals surface area contributed by atoms with Crippen molar-refractivity contribution >= 4 is 15.9 Å². The van der Waals surface area contributed by atoms with Crippen LogP contribution in [0, 0.1) is 5.82 Å². The minimum atomic E-state index is -0.177. The van der Waals surface area contributed by atoms with E-state index in [-0.39, 0.29) is 5.82 Å². The Labute approximate surface area is 135 Å². The van der Waals surface area contributed by atoms with Crippen LogP contribution < -0.4 is 5.32 Å². The summed E-state index contributed by atoms with van der Waals surface area (Å²) in [5.74, 6) is -0.177. The molecule has 1 N–H and O–H groups in total. The number of rotatable bonds is 2. The van der Waals surface area contributed by atoms with Crippen LogP contribution in [0.4, 0.5) is 4.39 Å². The predicted molar refractivity (Wildman–Crippen MR) is 87.8 cm³/mol. The highest BCUT2D eigenvalue weighted by Crippen LogP contribution is 2.33. The molecule has 0 amide bonds. The molecule has 1 aliphatic heterocycles. The molecule has 1 unspecified atom stereocenters. The third kappa shape index (κ3) is 3.49. The van der Waals surface area contributed by atoms with Gasteiger partial charge in [0.1, 0.15) is 5.82 Å². The van der Waals surface area contributed by atoms with Gasteiger partial charge in [0.2, 0.25) is 0 Å². The van der Waals surface area contributed by atoms with Gasteiger partial charge in [0, 0.05) is 29.1 Å². The van der Waals surface area contributed by atoms with E-state index < -0.39 is 0 Å². The van der Waals surface area contributed by atoms with E-state index in [4.69, 9.17) is 0 Å². The van der Waals surface area contributed by atoms with Crippen molar-refractivity contribution < 1.29 is 4.39 Å². The number of halogens is 2. The van der Waals surface area contributed by atoms with Crippen LogP contribution in [-0.2, 0) is 6.54 Å². The summed E-state index contributed by atoms with van der Waals surface area (Å²) in [5, 5.41) is 3.81. The molecule has 1 spiro atoms. The average Bonchev–Trinajstić information content (AvgIpc) is 2.83. The first-order valence-electron chi connectivity index (χ1n) is 8.01. The van der Waals surface area contributed by atoms with E-state index >= 15 is 0 Å². The van der Waals surface area contributed by atoms with Gasteiger partial charge in [-0.15, -0.1) is 0 Å². The first-order chi connectivity index (χ1) is 10.1. The summed E-state index contributed by atoms with van der Waals surface area (Å²) in [6.45, 7) is 5.43. The molecule has 1 aromatic rings. The molecule has 2 nitrogen and oxygen atoms in total. The van der Waals surface area contributed by atoms with Crippen molar-refractivity contribution in [1.82, 2.24) is 10.2 Å². The molecule has 0 radical (unpaired) electrons. The van der Waals surface area contributed by atoms with Crippen molar-refractivity contribution in [1.29, 1.82) is 0 Å². The fourth-order valence-electron chi connectivity index (χ4n) is 3.80. The summed E-state index contributed by atoms with van der Waals surface area (Å²) in [6.07, 6.45) is 6.45. The second-order valence-electron chi connectivity index (χ2n) is 6.69. The highest BCUT2D eigenvalue weighted by molar-refractivity contribution is 9.10. The number of hydrogen-bond donors (Lipinski definition) is 1. The summed E-state index contributed by atoms with van der Waals surface area (Å²) in [6, 6.07) is 5.61. The maximum atomic E-state index is 13.3. The van der Waals surface area contributed by atoms with E-state index in [2.05, 4.69) is 33.1 Å². The lowest BCUT2D eigenvalue weighted by Gasteiger charge is -2.35. The van der Waals surface area contributed by atoms with Crippen molar-refractivity contribution in [2.45, 2.75) is 57.2 Å². The van der Waals surface area contributed by atoms with E-state index in [1.165, 1.54) is 37.7 Å². The van der Waals surface area contributed by atoms with Gasteiger partial charge >= 0.3 is 0 Å². The molecule has 1 heterocycles. The van der Waals surface area contributed by atoms with Crippen LogP contribution in [0.25, 0.3) is 0 Å². The Morgan fingerprint density at radius 1 is 1.38 bits per heavy atom. The minimum absolute atomic E-state index is 0.177. The Bertz CT molecular complexity index is 500. The summed E-state index contributed by atoms with van der Waals surface area (Å²) in [5.41, 5.74) is 1.50. The lowest BCUT2D eigenvalue weighted by atomic mass is 9.96. The van der Waals surface area contributed by atoms with Crippen LogP contribution in [0.15, 0.2) is 22.7 Å². The first-order valence-corrected chi connectivity index (χ1v) is 8.80. The molecular formula is C17H24BrFN2. The molecule has 116 valence electrons. The molecule has 0 aromatic heterocycles. The average molecular weight is 355 g/mol. The molecule has 3 rings (SSSR count). The smallest absolute Gasteiger partial charge is 0.124 e. The van der Waals surface area contributed by atoms with E-state index in [1.54, 1.807) is 12.1 Å². The quantitative estimate of drug-likeness (QED) is 0.860. The lowest BCUT2D eigenvalue weighted by Crippen LogP contribution is -2.50. The van der Waals surface area contributed by atoms with E-state index in [0.717, 1.165) is 24.1 Å². The molecule has 2 fully saturated rings. The van der Waals surface area contributed by atoms with E-state index in [9.17, 15) is 4.39 Å². The highest BCUT2D eigenvalue weighted by Gasteiger charge is 2.38. The molecule has 0 bridgehead atoms. The second-order valence-corrected chi connectivity index (χ2v) is 7.55. The van der Waals surface area contributed by atoms with Crippen molar-refractivity contribution in [2.24, 2.45) is 0 Å². The van der Waals surface area contributed by atoms with Gasteiger partial charge in [0.05, 0.1) is 0 Å². The normalized spacial score (nSPS) is 26.1. The number of nitrogens with zero attached hydrogens (tertiary/aromatic N) is 1. The second kappa shape index (κ2) is 6.35. The van der Waals surface area contributed by atoms with Gasteiger partial charge in [0.15, 0.2) is 0 Å². The van der Waals surface area contributed by atoms with Crippen LogP contribution in [0.2, 0.25) is 0 Å². The summed E-state index contributed by atoms with van der Waals surface area (Å²) in [4.78, 5) is 2.57. The third-order valence-electron chi connectivity index (χ3n) is 5.14. The van der Waals surface area contributed by atoms with Crippen LogP contribution in [0.5, 0.6) is 0 Å². The SMILES string of the molecule is CC1CCNC2(CCCC2)CN1Cc1ccc(F)cc1Br. The monoisotopic (exact) mass is 354 g/mol. The standard InChI is InChI=1S/C17H24BrFN2/c1-13-6-9-20-17(7-2-3-8-17)12-21(13)11-14-4-5-15(19)10-16(14)18/h4-5,10,13,20H,2-3,6-9,11-12H2,1H3. The van der Waals surface area contributed by atoms with Crippen LogP contribution in [-0.4, -0.2) is 29.6 Å². The van der Waals surface area contributed by atoms with Gasteiger partial charge in [-0.1, -0.05) is 34.8 Å². The molecule has 1 saturated carbocycles. The molecule has 1 saturated heterocycles. The maximum Gasteiger partial charge on any atom is 0.124 e. The third-order valence-corrected chi connectivity index (χ3v) is 5.88. The van der Waals surface area contributed by atoms with Crippen molar-refractivity contribution in [3.63, 3.8) is 0 Å². The number of benzene rings is 1. The van der Waals surface area contributed by atoms with Crippen LogP contribution >= 0.6 is 15.9 Å². The van der Waals surface area contributed by atoms with Crippen LogP contribution in [0.3, 0.4) is 0 Å². The summed E-state index contributed by atoms with van der Waals surface area (Å²) in [7, 11) is 0. The molecule has 4 heteroatoms. The summed E-state index contributed by atoms with van der Waals surface area (Å²) < 4.78 is 14.1. The number of hydrogen-bond acceptors (Lipinski definition) is 2. The van der Waals surface area contributed by atoms with E-state index in [0.29, 0.717) is 11.6 Å². The van der Waals surface area contributed by atoms with E-state index in [1.807, 2.05) is 6.07 Å². The molecule has 21 heavy (non-hydrogen) atoms. The molecule has 2 aliphatic rings. The molecule has 1 aliphatic carbocycles. The molecule has 1 aromatic carbocycles. The minimum Gasteiger partial charge on any atom is -0.310 e. The predicted octanol–water partition coefficient (Wildman–Crippen LogP) is 4.08. The highest BCUT2D eigenvalue weighted by atomic mass is 79.9. The van der Waals surface area contributed by atoms with Gasteiger partial charge < -0.3 is 5.32 Å². The zero-order valence-electron chi connectivity index (χ0n) is 12.7. The number of nitrogens with one attached hydrogen (secondary N) is 1. The van der Waals surface area contributed by atoms with Gasteiger partial charge in [-0.25, -0.2) is 4.39 Å². The Morgan fingerprint density at radius 3 is 2.86 bits per heavy atom.